The third-order valence-corrected chi connectivity index (χ3v) is 4.25. The molecule has 1 heterocycles. The van der Waals surface area contributed by atoms with Crippen molar-refractivity contribution in [3.05, 3.63) is 28.2 Å². The van der Waals surface area contributed by atoms with Crippen molar-refractivity contribution in [3.8, 4) is 5.75 Å². The van der Waals surface area contributed by atoms with Gasteiger partial charge in [-0.15, -0.1) is 0 Å². The molecule has 0 aromatic heterocycles. The van der Waals surface area contributed by atoms with Gasteiger partial charge in [0.25, 0.3) is 0 Å². The van der Waals surface area contributed by atoms with Crippen LogP contribution in [0.25, 0.3) is 0 Å². The van der Waals surface area contributed by atoms with Gasteiger partial charge in [0.05, 0.1) is 19.7 Å². The first-order chi connectivity index (χ1) is 8.70. The first-order valence-corrected chi connectivity index (χ1v) is 6.91. The molecule has 4 nitrogen and oxygen atoms in total. The van der Waals surface area contributed by atoms with Gasteiger partial charge in [0.15, 0.2) is 5.96 Å². The van der Waals surface area contributed by atoms with Gasteiger partial charge in [-0.05, 0) is 36.6 Å². The lowest BCUT2D eigenvalue weighted by molar-refractivity contribution is 0.335. The van der Waals surface area contributed by atoms with Gasteiger partial charge in [0.2, 0.25) is 0 Å². The first kappa shape index (κ1) is 11.8. The highest BCUT2D eigenvalue weighted by atomic mass is 79.9. The van der Waals surface area contributed by atoms with Crippen LogP contribution in [0.3, 0.4) is 0 Å². The number of rotatable bonds is 3. The summed E-state index contributed by atoms with van der Waals surface area (Å²) in [7, 11) is 1.69. The number of aliphatic imine (C=N–C) groups is 1. The predicted octanol–water partition coefficient (Wildman–Crippen LogP) is 2.29. The van der Waals surface area contributed by atoms with Crippen molar-refractivity contribution in [1.82, 2.24) is 4.90 Å². The van der Waals surface area contributed by atoms with Crippen LogP contribution < -0.4 is 10.5 Å². The molecular formula is C13H16BrN3O. The Balaban J connectivity index is 1.94. The van der Waals surface area contributed by atoms with Crippen molar-refractivity contribution in [3.63, 3.8) is 0 Å². The molecule has 0 spiro atoms. The Morgan fingerprint density at radius 1 is 1.44 bits per heavy atom. The molecule has 1 fully saturated rings. The Morgan fingerprint density at radius 3 is 2.89 bits per heavy atom. The van der Waals surface area contributed by atoms with Crippen LogP contribution in [0, 0.1) is 0 Å². The van der Waals surface area contributed by atoms with Gasteiger partial charge in [-0.25, -0.2) is 0 Å². The van der Waals surface area contributed by atoms with Crippen LogP contribution in [0.1, 0.15) is 24.4 Å². The van der Waals surface area contributed by atoms with E-state index in [1.165, 1.54) is 18.4 Å². The standard InChI is InChI=1S/C13H16BrN3O/c1-18-9-4-5-11(14)10(6-9)12-7-16-13(15)17(12)8-2-3-8/h4-6,8,12H,2-3,7H2,1H3,(H2,15,16). The summed E-state index contributed by atoms with van der Waals surface area (Å²) in [6.45, 7) is 0.730. The number of benzene rings is 1. The summed E-state index contributed by atoms with van der Waals surface area (Å²) in [5.74, 6) is 1.55. The fraction of sp³-hybridized carbons (Fsp3) is 0.462. The molecular weight excluding hydrogens is 294 g/mol. The minimum absolute atomic E-state index is 0.238. The Kier molecular flexibility index (Phi) is 2.93. The van der Waals surface area contributed by atoms with E-state index in [4.69, 9.17) is 10.5 Å². The molecule has 5 heteroatoms. The van der Waals surface area contributed by atoms with Crippen LogP contribution >= 0.6 is 15.9 Å². The molecule has 0 bridgehead atoms. The number of guanidine groups is 1. The third kappa shape index (κ3) is 1.96. The quantitative estimate of drug-likeness (QED) is 0.932. The fourth-order valence-electron chi connectivity index (χ4n) is 2.46. The van der Waals surface area contributed by atoms with Crippen LogP contribution in [-0.2, 0) is 0 Å². The molecule has 18 heavy (non-hydrogen) atoms. The van der Waals surface area contributed by atoms with E-state index in [2.05, 4.69) is 31.9 Å². The van der Waals surface area contributed by atoms with E-state index < -0.39 is 0 Å². The summed E-state index contributed by atoms with van der Waals surface area (Å²) in [5, 5.41) is 0. The van der Waals surface area contributed by atoms with Crippen molar-refractivity contribution >= 4 is 21.9 Å². The Labute approximate surface area is 115 Å². The Hall–Kier alpha value is -1.23. The molecule has 1 saturated carbocycles. The molecule has 0 radical (unpaired) electrons. The molecule has 2 aliphatic rings. The number of nitrogens with zero attached hydrogens (tertiary/aromatic N) is 2. The maximum absolute atomic E-state index is 6.00. The number of ether oxygens (including phenoxy) is 1. The lowest BCUT2D eigenvalue weighted by Gasteiger charge is -2.27. The SMILES string of the molecule is COc1ccc(Br)c(C2CN=C(N)N2C2CC2)c1. The number of halogens is 1. The second kappa shape index (κ2) is 4.46. The number of hydrogen-bond acceptors (Lipinski definition) is 4. The van der Waals surface area contributed by atoms with Crippen LogP contribution in [0.4, 0.5) is 0 Å². The van der Waals surface area contributed by atoms with Gasteiger partial charge in [-0.1, -0.05) is 15.9 Å². The summed E-state index contributed by atoms with van der Waals surface area (Å²) < 4.78 is 6.39. The summed E-state index contributed by atoms with van der Waals surface area (Å²) in [4.78, 5) is 6.64. The first-order valence-electron chi connectivity index (χ1n) is 6.12. The lowest BCUT2D eigenvalue weighted by atomic mass is 10.1. The van der Waals surface area contributed by atoms with E-state index in [-0.39, 0.29) is 6.04 Å². The molecule has 1 aliphatic heterocycles. The molecule has 1 aromatic carbocycles. The van der Waals surface area contributed by atoms with Gasteiger partial charge in [0.1, 0.15) is 5.75 Å². The second-order valence-electron chi connectivity index (χ2n) is 4.74. The third-order valence-electron chi connectivity index (χ3n) is 3.53. The average molecular weight is 310 g/mol. The Morgan fingerprint density at radius 2 is 2.22 bits per heavy atom. The van der Waals surface area contributed by atoms with Crippen molar-refractivity contribution in [1.29, 1.82) is 0 Å². The molecule has 1 aliphatic carbocycles. The smallest absolute Gasteiger partial charge is 0.192 e. The van der Waals surface area contributed by atoms with E-state index in [9.17, 15) is 0 Å². The maximum Gasteiger partial charge on any atom is 0.192 e. The van der Waals surface area contributed by atoms with Gasteiger partial charge in [0, 0.05) is 10.5 Å². The summed E-state index contributed by atoms with van der Waals surface area (Å²) in [6, 6.07) is 6.85. The maximum atomic E-state index is 6.00. The van der Waals surface area contributed by atoms with Crippen molar-refractivity contribution in [2.45, 2.75) is 24.9 Å². The largest absolute Gasteiger partial charge is 0.497 e. The molecule has 96 valence electrons. The predicted molar refractivity (Wildman–Crippen MR) is 74.8 cm³/mol. The molecule has 0 saturated heterocycles. The van der Waals surface area contributed by atoms with Gasteiger partial charge in [-0.3, -0.25) is 4.99 Å². The van der Waals surface area contributed by atoms with E-state index in [0.717, 1.165) is 16.8 Å². The van der Waals surface area contributed by atoms with Crippen molar-refractivity contribution in [2.75, 3.05) is 13.7 Å². The molecule has 1 atom stereocenters. The van der Waals surface area contributed by atoms with E-state index >= 15 is 0 Å². The van der Waals surface area contributed by atoms with E-state index in [1.54, 1.807) is 7.11 Å². The molecule has 1 unspecified atom stereocenters. The molecule has 2 N–H and O–H groups in total. The summed E-state index contributed by atoms with van der Waals surface area (Å²) in [6.07, 6.45) is 2.43. The fourth-order valence-corrected chi connectivity index (χ4v) is 2.97. The highest BCUT2D eigenvalue weighted by molar-refractivity contribution is 9.10. The lowest BCUT2D eigenvalue weighted by Crippen LogP contribution is -2.37. The zero-order chi connectivity index (χ0) is 12.7. The number of methoxy groups -OCH3 is 1. The number of hydrogen-bond donors (Lipinski definition) is 1. The zero-order valence-corrected chi connectivity index (χ0v) is 11.9. The normalized spacial score (nSPS) is 23.1. The van der Waals surface area contributed by atoms with Crippen molar-refractivity contribution in [2.24, 2.45) is 10.7 Å². The highest BCUT2D eigenvalue weighted by Crippen LogP contribution is 2.40. The molecule has 1 aromatic rings. The molecule has 3 rings (SSSR count). The van der Waals surface area contributed by atoms with Crippen LogP contribution in [-0.4, -0.2) is 30.6 Å². The topological polar surface area (TPSA) is 50.9 Å². The second-order valence-corrected chi connectivity index (χ2v) is 5.59. The van der Waals surface area contributed by atoms with Crippen LogP contribution in [0.15, 0.2) is 27.7 Å². The highest BCUT2D eigenvalue weighted by Gasteiger charge is 2.39. The van der Waals surface area contributed by atoms with Gasteiger partial charge < -0.3 is 15.4 Å². The average Bonchev–Trinajstić information content (AvgIpc) is 3.14. The Bertz CT molecular complexity index is 499. The molecule has 0 amide bonds. The minimum Gasteiger partial charge on any atom is -0.497 e. The minimum atomic E-state index is 0.238. The zero-order valence-electron chi connectivity index (χ0n) is 10.3. The van der Waals surface area contributed by atoms with Crippen LogP contribution in [0.2, 0.25) is 0 Å². The summed E-state index contributed by atoms with van der Waals surface area (Å²) >= 11 is 3.61. The van der Waals surface area contributed by atoms with E-state index in [1.807, 2.05) is 12.1 Å². The van der Waals surface area contributed by atoms with Crippen LogP contribution in [0.5, 0.6) is 5.75 Å². The van der Waals surface area contributed by atoms with E-state index in [0.29, 0.717) is 12.0 Å². The monoisotopic (exact) mass is 309 g/mol. The van der Waals surface area contributed by atoms with Crippen molar-refractivity contribution < 1.29 is 4.74 Å². The summed E-state index contributed by atoms with van der Waals surface area (Å²) in [5.41, 5.74) is 7.20. The van der Waals surface area contributed by atoms with Gasteiger partial charge in [-0.2, -0.15) is 0 Å². The van der Waals surface area contributed by atoms with Gasteiger partial charge >= 0.3 is 0 Å². The number of nitrogens with two attached hydrogens (primary N) is 1.